The van der Waals surface area contributed by atoms with Gasteiger partial charge in [-0.1, -0.05) is 152 Å². The van der Waals surface area contributed by atoms with Crippen molar-refractivity contribution >= 4 is 74.9 Å². The number of hydrogen-bond donors (Lipinski definition) is 0. The molecule has 3 aromatic heterocycles. The lowest BCUT2D eigenvalue weighted by molar-refractivity contribution is 1.07. The molecule has 0 N–H and O–H groups in total. The van der Waals surface area contributed by atoms with Crippen LogP contribution in [-0.4, -0.2) is 19.5 Å². The van der Waals surface area contributed by atoms with Crippen molar-refractivity contribution in [1.82, 2.24) is 19.5 Å². The molecule has 0 saturated heterocycles. The van der Waals surface area contributed by atoms with Crippen molar-refractivity contribution in [1.29, 1.82) is 0 Å². The third-order valence-corrected chi connectivity index (χ3v) is 11.4. The summed E-state index contributed by atoms with van der Waals surface area (Å²) in [5.41, 5.74) is 6.35. The van der Waals surface area contributed by atoms with Gasteiger partial charge in [-0.2, -0.15) is 0 Å². The second kappa shape index (κ2) is 11.4. The van der Waals surface area contributed by atoms with Gasteiger partial charge >= 0.3 is 0 Å². The first-order chi connectivity index (χ1) is 25.8. The zero-order valence-corrected chi connectivity index (χ0v) is 28.7. The Morgan fingerprint density at radius 2 is 0.885 bits per heavy atom. The van der Waals surface area contributed by atoms with Gasteiger partial charge in [0.1, 0.15) is 0 Å². The standard InChI is InChI=1S/C47H28N4S/c1-3-15-31(16-4-1)45-48-46(32-17-5-2-6-18-32)50-47(49-45)40-28-33(27-39-36-21-11-12-22-41(36)52-44(39)40)51-42-34-19-9-7-13-29(34)23-25-37(42)38-26-24-30-14-8-10-20-35(30)43(38)51/h1-28H. The molecule has 0 radical (unpaired) electrons. The van der Waals surface area contributed by atoms with Gasteiger partial charge in [0.25, 0.3) is 0 Å². The van der Waals surface area contributed by atoms with E-state index in [1.807, 2.05) is 36.4 Å². The minimum atomic E-state index is 0.651. The third-order valence-electron chi connectivity index (χ3n) is 10.2. The van der Waals surface area contributed by atoms with Crippen LogP contribution in [0.15, 0.2) is 170 Å². The molecule has 0 aliphatic heterocycles. The van der Waals surface area contributed by atoms with E-state index >= 15 is 0 Å². The normalized spacial score (nSPS) is 11.8. The first-order valence-electron chi connectivity index (χ1n) is 17.5. The van der Waals surface area contributed by atoms with Crippen LogP contribution in [0.3, 0.4) is 0 Å². The first kappa shape index (κ1) is 29.1. The molecule has 3 heterocycles. The molecule has 0 saturated carbocycles. The summed E-state index contributed by atoms with van der Waals surface area (Å²) in [7, 11) is 0. The maximum atomic E-state index is 5.24. The Morgan fingerprint density at radius 1 is 0.385 bits per heavy atom. The highest BCUT2D eigenvalue weighted by Crippen LogP contribution is 2.45. The lowest BCUT2D eigenvalue weighted by Gasteiger charge is -2.14. The molecule has 242 valence electrons. The largest absolute Gasteiger partial charge is 0.308 e. The van der Waals surface area contributed by atoms with E-state index in [9.17, 15) is 0 Å². The van der Waals surface area contributed by atoms with E-state index in [4.69, 9.17) is 15.0 Å². The molecule has 0 atom stereocenters. The van der Waals surface area contributed by atoms with Crippen LogP contribution < -0.4 is 0 Å². The Labute approximate surface area is 302 Å². The molecule has 11 rings (SSSR count). The predicted octanol–water partition coefficient (Wildman–Crippen LogP) is 12.6. The highest BCUT2D eigenvalue weighted by Gasteiger charge is 2.22. The van der Waals surface area contributed by atoms with Gasteiger partial charge in [-0.15, -0.1) is 11.3 Å². The van der Waals surface area contributed by atoms with Crippen LogP contribution in [0.2, 0.25) is 0 Å². The number of benzene rings is 8. The summed E-state index contributed by atoms with van der Waals surface area (Å²) in [4.78, 5) is 15.5. The molecule has 0 spiro atoms. The summed E-state index contributed by atoms with van der Waals surface area (Å²) in [6, 6.07) is 60.3. The van der Waals surface area contributed by atoms with E-state index in [-0.39, 0.29) is 0 Å². The second-order valence-electron chi connectivity index (χ2n) is 13.2. The van der Waals surface area contributed by atoms with E-state index in [2.05, 4.69) is 138 Å². The van der Waals surface area contributed by atoms with Gasteiger partial charge in [0, 0.05) is 64.1 Å². The minimum Gasteiger partial charge on any atom is -0.308 e. The fourth-order valence-corrected chi connectivity index (χ4v) is 9.03. The molecular formula is C47H28N4S. The van der Waals surface area contributed by atoms with E-state index in [1.165, 1.54) is 58.8 Å². The Morgan fingerprint density at radius 3 is 1.48 bits per heavy atom. The summed E-state index contributed by atoms with van der Waals surface area (Å²) in [5, 5.41) is 9.73. The van der Waals surface area contributed by atoms with Crippen molar-refractivity contribution in [3.63, 3.8) is 0 Å². The average molecular weight is 681 g/mol. The Balaban J connectivity index is 1.31. The monoisotopic (exact) mass is 680 g/mol. The van der Waals surface area contributed by atoms with Crippen molar-refractivity contribution in [2.24, 2.45) is 0 Å². The molecule has 5 heteroatoms. The Bertz CT molecular complexity index is 3030. The van der Waals surface area contributed by atoms with E-state index in [1.54, 1.807) is 11.3 Å². The van der Waals surface area contributed by atoms with Crippen LogP contribution in [-0.2, 0) is 0 Å². The maximum absolute atomic E-state index is 5.24. The smallest absolute Gasteiger partial charge is 0.165 e. The van der Waals surface area contributed by atoms with E-state index in [0.29, 0.717) is 17.5 Å². The zero-order chi connectivity index (χ0) is 34.2. The molecule has 0 bridgehead atoms. The highest BCUT2D eigenvalue weighted by molar-refractivity contribution is 7.26. The zero-order valence-electron chi connectivity index (χ0n) is 27.9. The molecule has 52 heavy (non-hydrogen) atoms. The molecule has 11 aromatic rings. The summed E-state index contributed by atoms with van der Waals surface area (Å²) in [6.07, 6.45) is 0. The van der Waals surface area contributed by atoms with Crippen LogP contribution in [0, 0.1) is 0 Å². The predicted molar refractivity (Wildman–Crippen MR) is 218 cm³/mol. The van der Waals surface area contributed by atoms with Crippen LogP contribution in [0.5, 0.6) is 0 Å². The van der Waals surface area contributed by atoms with Gasteiger partial charge in [0.2, 0.25) is 0 Å². The van der Waals surface area contributed by atoms with Crippen LogP contribution in [0.4, 0.5) is 0 Å². The van der Waals surface area contributed by atoms with Gasteiger partial charge in [-0.3, -0.25) is 0 Å². The molecule has 0 fully saturated rings. The first-order valence-corrected chi connectivity index (χ1v) is 18.3. The van der Waals surface area contributed by atoms with E-state index < -0.39 is 0 Å². The number of nitrogens with zero attached hydrogens (tertiary/aromatic N) is 4. The average Bonchev–Trinajstić information content (AvgIpc) is 3.77. The summed E-state index contributed by atoms with van der Waals surface area (Å²) >= 11 is 1.80. The summed E-state index contributed by atoms with van der Waals surface area (Å²) in [6.45, 7) is 0. The van der Waals surface area contributed by atoms with Crippen molar-refractivity contribution in [3.8, 4) is 39.9 Å². The Hall–Kier alpha value is -6.69. The maximum Gasteiger partial charge on any atom is 0.165 e. The quantitative estimate of drug-likeness (QED) is 0.186. The second-order valence-corrected chi connectivity index (χ2v) is 14.3. The highest BCUT2D eigenvalue weighted by atomic mass is 32.1. The van der Waals surface area contributed by atoms with Crippen molar-refractivity contribution in [2.45, 2.75) is 0 Å². The van der Waals surface area contributed by atoms with Gasteiger partial charge in [0.05, 0.1) is 11.0 Å². The number of rotatable bonds is 4. The molecular weight excluding hydrogens is 653 g/mol. The fraction of sp³-hybridized carbons (Fsp3) is 0. The lowest BCUT2D eigenvalue weighted by Crippen LogP contribution is -2.01. The van der Waals surface area contributed by atoms with Crippen LogP contribution in [0.25, 0.3) is 103 Å². The third kappa shape index (κ3) is 4.43. The summed E-state index contributed by atoms with van der Waals surface area (Å²) in [5.74, 6) is 1.96. The topological polar surface area (TPSA) is 43.6 Å². The van der Waals surface area contributed by atoms with Gasteiger partial charge in [-0.05, 0) is 29.0 Å². The van der Waals surface area contributed by atoms with Gasteiger partial charge < -0.3 is 4.57 Å². The molecule has 4 nitrogen and oxygen atoms in total. The van der Waals surface area contributed by atoms with Crippen molar-refractivity contribution in [3.05, 3.63) is 170 Å². The van der Waals surface area contributed by atoms with E-state index in [0.717, 1.165) is 27.1 Å². The number of hydrogen-bond acceptors (Lipinski definition) is 4. The number of fused-ring (bicyclic) bond motifs is 10. The van der Waals surface area contributed by atoms with Crippen molar-refractivity contribution in [2.75, 3.05) is 0 Å². The van der Waals surface area contributed by atoms with Gasteiger partial charge in [0.15, 0.2) is 17.5 Å². The Kier molecular flexibility index (Phi) is 6.39. The number of thiophene rings is 1. The fourth-order valence-electron chi connectivity index (χ4n) is 7.83. The molecule has 8 aromatic carbocycles. The molecule has 0 aliphatic carbocycles. The molecule has 0 unspecified atom stereocenters. The van der Waals surface area contributed by atoms with Crippen molar-refractivity contribution < 1.29 is 0 Å². The minimum absolute atomic E-state index is 0.651. The van der Waals surface area contributed by atoms with Crippen LogP contribution in [0.1, 0.15) is 0 Å². The molecule has 0 aliphatic rings. The van der Waals surface area contributed by atoms with Crippen LogP contribution >= 0.6 is 11.3 Å². The SMILES string of the molecule is c1ccc(-c2nc(-c3ccccc3)nc(-c3cc(-n4c5c6ccccc6ccc5c5ccc6ccccc6c54)cc4c3sc3ccccc34)n2)cc1. The summed E-state index contributed by atoms with van der Waals surface area (Å²) < 4.78 is 4.88. The van der Waals surface area contributed by atoms with Gasteiger partial charge in [-0.25, -0.2) is 15.0 Å². The lowest BCUT2D eigenvalue weighted by atomic mass is 10.0. The number of aromatic nitrogens is 4. The molecule has 0 amide bonds.